The van der Waals surface area contributed by atoms with E-state index in [2.05, 4.69) is 15.2 Å². The minimum Gasteiger partial charge on any atom is -0.492 e. The van der Waals surface area contributed by atoms with Crippen LogP contribution in [-0.2, 0) is 4.79 Å². The number of nitrogens with two attached hydrogens (primary N) is 1. The Morgan fingerprint density at radius 2 is 2.21 bits per heavy atom. The molecule has 0 aliphatic carbocycles. The number of aliphatic imine (C=N–C) groups is 1. The summed E-state index contributed by atoms with van der Waals surface area (Å²) in [4.78, 5) is 17.6. The number of hydrogen-bond acceptors (Lipinski definition) is 3. The van der Waals surface area contributed by atoms with Crippen LogP contribution in [0.25, 0.3) is 0 Å². The van der Waals surface area contributed by atoms with Crippen molar-refractivity contribution < 1.29 is 9.53 Å². The maximum atomic E-state index is 11.1. The fourth-order valence-corrected chi connectivity index (χ4v) is 3.03. The molecule has 0 spiro atoms. The number of amides is 1. The number of primary amides is 1. The molecule has 132 valence electrons. The summed E-state index contributed by atoms with van der Waals surface area (Å²) in [6.07, 6.45) is 2.52. The van der Waals surface area contributed by atoms with E-state index in [-0.39, 0.29) is 5.91 Å². The summed E-state index contributed by atoms with van der Waals surface area (Å²) < 4.78 is 5.66. The van der Waals surface area contributed by atoms with E-state index >= 15 is 0 Å². The van der Waals surface area contributed by atoms with Gasteiger partial charge in [0.2, 0.25) is 5.91 Å². The summed E-state index contributed by atoms with van der Waals surface area (Å²) in [6.45, 7) is 2.92. The molecule has 0 radical (unpaired) electrons. The highest BCUT2D eigenvalue weighted by molar-refractivity contribution is 6.30. The molecule has 1 heterocycles. The molecule has 7 heteroatoms. The van der Waals surface area contributed by atoms with E-state index in [9.17, 15) is 4.79 Å². The number of carbonyl (C=O) groups excluding carboxylic acids is 1. The molecule has 0 aromatic heterocycles. The molecule has 6 nitrogen and oxygen atoms in total. The second-order valence-electron chi connectivity index (χ2n) is 5.90. The maximum absolute atomic E-state index is 11.1. The molecule has 24 heavy (non-hydrogen) atoms. The van der Waals surface area contributed by atoms with Crippen molar-refractivity contribution in [2.24, 2.45) is 16.6 Å². The number of carbonyl (C=O) groups is 1. The Morgan fingerprint density at radius 1 is 1.46 bits per heavy atom. The first-order chi connectivity index (χ1) is 11.6. The quantitative estimate of drug-likeness (QED) is 0.465. The predicted molar refractivity (Wildman–Crippen MR) is 96.4 cm³/mol. The second kappa shape index (κ2) is 9.37. The lowest BCUT2D eigenvalue weighted by Crippen LogP contribution is -2.48. The minimum absolute atomic E-state index is 0.235. The van der Waals surface area contributed by atoms with Crippen molar-refractivity contribution in [2.45, 2.75) is 19.3 Å². The van der Waals surface area contributed by atoms with Crippen LogP contribution in [0, 0.1) is 5.92 Å². The third-order valence-corrected chi connectivity index (χ3v) is 4.24. The van der Waals surface area contributed by atoms with Gasteiger partial charge in [-0.25, -0.2) is 0 Å². The number of ether oxygens (including phenoxy) is 1. The van der Waals surface area contributed by atoms with Crippen molar-refractivity contribution in [3.8, 4) is 5.75 Å². The molecular weight excluding hydrogens is 328 g/mol. The predicted octanol–water partition coefficient (Wildman–Crippen LogP) is 1.88. The van der Waals surface area contributed by atoms with Crippen LogP contribution in [0.15, 0.2) is 29.3 Å². The Bertz CT molecular complexity index is 562. The Hall–Kier alpha value is -1.95. The zero-order valence-electron chi connectivity index (χ0n) is 14.0. The largest absolute Gasteiger partial charge is 0.492 e. The monoisotopic (exact) mass is 352 g/mol. The number of halogens is 1. The molecule has 1 amide bonds. The third-order valence-electron chi connectivity index (χ3n) is 3.99. The minimum atomic E-state index is -0.235. The van der Waals surface area contributed by atoms with Crippen molar-refractivity contribution in [1.82, 2.24) is 10.2 Å². The Labute approximate surface area is 148 Å². The van der Waals surface area contributed by atoms with Gasteiger partial charge in [0.25, 0.3) is 0 Å². The zero-order valence-corrected chi connectivity index (χ0v) is 14.8. The van der Waals surface area contributed by atoms with Gasteiger partial charge in [-0.3, -0.25) is 9.79 Å². The van der Waals surface area contributed by atoms with Crippen molar-refractivity contribution in [3.63, 3.8) is 0 Å². The molecule has 2 rings (SSSR count). The van der Waals surface area contributed by atoms with Gasteiger partial charge in [0.05, 0.1) is 6.54 Å². The fourth-order valence-electron chi connectivity index (χ4n) is 2.90. The van der Waals surface area contributed by atoms with E-state index in [1.54, 1.807) is 19.2 Å². The molecular formula is C17H25ClN4O2. The summed E-state index contributed by atoms with van der Waals surface area (Å²) in [5.41, 5.74) is 5.31. The molecule has 0 saturated carbocycles. The van der Waals surface area contributed by atoms with Gasteiger partial charge in [-0.05, 0) is 43.0 Å². The van der Waals surface area contributed by atoms with Crippen LogP contribution >= 0.6 is 11.6 Å². The van der Waals surface area contributed by atoms with Gasteiger partial charge >= 0.3 is 0 Å². The van der Waals surface area contributed by atoms with Crippen molar-refractivity contribution >= 4 is 23.5 Å². The van der Waals surface area contributed by atoms with Gasteiger partial charge in [0.1, 0.15) is 12.4 Å². The molecule has 1 fully saturated rings. The number of rotatable bonds is 6. The molecule has 3 N–H and O–H groups in total. The number of hydrogen-bond donors (Lipinski definition) is 2. The lowest BCUT2D eigenvalue weighted by atomic mass is 9.95. The van der Waals surface area contributed by atoms with E-state index in [4.69, 9.17) is 22.1 Å². The van der Waals surface area contributed by atoms with Crippen LogP contribution in [0.1, 0.15) is 19.3 Å². The van der Waals surface area contributed by atoms with E-state index in [1.165, 1.54) is 0 Å². The van der Waals surface area contributed by atoms with E-state index in [0.29, 0.717) is 30.5 Å². The Morgan fingerprint density at radius 3 is 2.88 bits per heavy atom. The van der Waals surface area contributed by atoms with Gasteiger partial charge in [-0.15, -0.1) is 0 Å². The number of benzene rings is 1. The fraction of sp³-hybridized carbons (Fsp3) is 0.529. The highest BCUT2D eigenvalue weighted by Gasteiger charge is 2.23. The Balaban J connectivity index is 1.75. The van der Waals surface area contributed by atoms with Crippen molar-refractivity contribution in [3.05, 3.63) is 29.3 Å². The average Bonchev–Trinajstić information content (AvgIpc) is 2.56. The molecule has 1 unspecified atom stereocenters. The Kier molecular flexibility index (Phi) is 7.18. The van der Waals surface area contributed by atoms with Crippen LogP contribution in [-0.4, -0.2) is 50.1 Å². The van der Waals surface area contributed by atoms with Gasteiger partial charge in [0.15, 0.2) is 5.96 Å². The topological polar surface area (TPSA) is 80.0 Å². The summed E-state index contributed by atoms with van der Waals surface area (Å²) in [5, 5.41) is 3.99. The van der Waals surface area contributed by atoms with Crippen LogP contribution in [0.4, 0.5) is 0 Å². The summed E-state index contributed by atoms with van der Waals surface area (Å²) >= 11 is 5.84. The smallest absolute Gasteiger partial charge is 0.217 e. The zero-order chi connectivity index (χ0) is 17.4. The first-order valence-electron chi connectivity index (χ1n) is 8.20. The molecule has 1 atom stereocenters. The number of nitrogens with one attached hydrogen (secondary N) is 1. The highest BCUT2D eigenvalue weighted by Crippen LogP contribution is 2.19. The van der Waals surface area contributed by atoms with E-state index < -0.39 is 0 Å². The highest BCUT2D eigenvalue weighted by atomic mass is 35.5. The molecule has 1 saturated heterocycles. The SMILES string of the molecule is CN=C(NCCOc1ccc(Cl)cc1)N1CCCC(CC(N)=O)C1. The van der Waals surface area contributed by atoms with Crippen LogP contribution in [0.2, 0.25) is 5.02 Å². The van der Waals surface area contributed by atoms with Crippen LogP contribution in [0.3, 0.4) is 0 Å². The van der Waals surface area contributed by atoms with E-state index in [1.807, 2.05) is 12.1 Å². The molecule has 1 aliphatic heterocycles. The molecule has 1 aromatic rings. The summed E-state index contributed by atoms with van der Waals surface area (Å²) in [5.74, 6) is 1.70. The number of piperidine rings is 1. The number of guanidine groups is 1. The molecule has 1 aliphatic rings. The summed E-state index contributed by atoms with van der Waals surface area (Å²) in [7, 11) is 1.76. The van der Waals surface area contributed by atoms with Gasteiger partial charge in [-0.2, -0.15) is 0 Å². The van der Waals surface area contributed by atoms with E-state index in [0.717, 1.165) is 37.6 Å². The van der Waals surface area contributed by atoms with Crippen molar-refractivity contribution in [1.29, 1.82) is 0 Å². The standard InChI is InChI=1S/C17H25ClN4O2/c1-20-17(22-9-2-3-13(12-22)11-16(19)23)21-8-10-24-15-6-4-14(18)5-7-15/h4-7,13H,2-3,8-12H2,1H3,(H2,19,23)(H,20,21). The summed E-state index contributed by atoms with van der Waals surface area (Å²) in [6, 6.07) is 7.29. The number of likely N-dealkylation sites (tertiary alicyclic amines) is 1. The maximum Gasteiger partial charge on any atom is 0.217 e. The van der Waals surface area contributed by atoms with Gasteiger partial charge in [-0.1, -0.05) is 11.6 Å². The van der Waals surface area contributed by atoms with Crippen LogP contribution in [0.5, 0.6) is 5.75 Å². The second-order valence-corrected chi connectivity index (χ2v) is 6.34. The normalized spacial score (nSPS) is 18.3. The average molecular weight is 353 g/mol. The lowest BCUT2D eigenvalue weighted by Gasteiger charge is -2.34. The lowest BCUT2D eigenvalue weighted by molar-refractivity contribution is -0.119. The molecule has 1 aromatic carbocycles. The molecule has 0 bridgehead atoms. The first-order valence-corrected chi connectivity index (χ1v) is 8.58. The third kappa shape index (κ3) is 5.92. The van der Waals surface area contributed by atoms with Crippen molar-refractivity contribution in [2.75, 3.05) is 33.3 Å². The van der Waals surface area contributed by atoms with Crippen LogP contribution < -0.4 is 15.8 Å². The number of nitrogens with zero attached hydrogens (tertiary/aromatic N) is 2. The van der Waals surface area contributed by atoms with Gasteiger partial charge < -0.3 is 20.7 Å². The first kappa shape index (κ1) is 18.4. The van der Waals surface area contributed by atoms with Gasteiger partial charge in [0, 0.05) is 31.6 Å².